The van der Waals surface area contributed by atoms with Crippen LogP contribution in [-0.2, 0) is 13.1 Å². The SMILES string of the molecule is CCCNCc1cccn1Cc1ccc2ncccc2c1. The number of nitrogens with zero attached hydrogens (tertiary/aromatic N) is 2. The fraction of sp³-hybridized carbons (Fsp3) is 0.278. The van der Waals surface area contributed by atoms with E-state index in [4.69, 9.17) is 0 Å². The Morgan fingerprint density at radius 2 is 2.10 bits per heavy atom. The lowest BCUT2D eigenvalue weighted by Gasteiger charge is -2.11. The van der Waals surface area contributed by atoms with Gasteiger partial charge < -0.3 is 9.88 Å². The Hall–Kier alpha value is -2.13. The molecule has 1 N–H and O–H groups in total. The van der Waals surface area contributed by atoms with Crippen molar-refractivity contribution in [2.45, 2.75) is 26.4 Å². The summed E-state index contributed by atoms with van der Waals surface area (Å²) >= 11 is 0. The molecule has 3 heteroatoms. The second-order valence-electron chi connectivity index (χ2n) is 5.33. The molecular formula is C18H21N3. The quantitative estimate of drug-likeness (QED) is 0.699. The van der Waals surface area contributed by atoms with Gasteiger partial charge in [-0.2, -0.15) is 0 Å². The summed E-state index contributed by atoms with van der Waals surface area (Å²) in [5.74, 6) is 0. The zero-order valence-electron chi connectivity index (χ0n) is 12.4. The van der Waals surface area contributed by atoms with E-state index in [0.717, 1.165) is 25.2 Å². The van der Waals surface area contributed by atoms with Gasteiger partial charge in [0.05, 0.1) is 5.52 Å². The van der Waals surface area contributed by atoms with Crippen LogP contribution in [0.3, 0.4) is 0 Å². The van der Waals surface area contributed by atoms with Crippen molar-refractivity contribution in [3.63, 3.8) is 0 Å². The molecule has 0 aliphatic heterocycles. The minimum Gasteiger partial charge on any atom is -0.346 e. The van der Waals surface area contributed by atoms with Crippen molar-refractivity contribution in [3.8, 4) is 0 Å². The van der Waals surface area contributed by atoms with E-state index in [9.17, 15) is 0 Å². The maximum atomic E-state index is 4.37. The molecule has 0 saturated heterocycles. The van der Waals surface area contributed by atoms with Gasteiger partial charge in [-0.25, -0.2) is 0 Å². The Morgan fingerprint density at radius 3 is 3.00 bits per heavy atom. The smallest absolute Gasteiger partial charge is 0.0702 e. The highest BCUT2D eigenvalue weighted by molar-refractivity contribution is 5.78. The van der Waals surface area contributed by atoms with Crippen LogP contribution in [0.4, 0.5) is 0 Å². The average Bonchev–Trinajstić information content (AvgIpc) is 2.95. The predicted octanol–water partition coefficient (Wildman–Crippen LogP) is 3.58. The van der Waals surface area contributed by atoms with Gasteiger partial charge in [0.1, 0.15) is 0 Å². The van der Waals surface area contributed by atoms with Crippen LogP contribution in [-0.4, -0.2) is 16.1 Å². The molecule has 0 bridgehead atoms. The molecule has 2 aromatic heterocycles. The molecule has 0 aliphatic rings. The largest absolute Gasteiger partial charge is 0.346 e. The van der Waals surface area contributed by atoms with Gasteiger partial charge in [-0.1, -0.05) is 19.1 Å². The molecule has 0 spiro atoms. The first-order valence-corrected chi connectivity index (χ1v) is 7.55. The molecule has 0 radical (unpaired) electrons. The van der Waals surface area contributed by atoms with Gasteiger partial charge in [0.15, 0.2) is 0 Å². The van der Waals surface area contributed by atoms with Gasteiger partial charge in [0.2, 0.25) is 0 Å². The van der Waals surface area contributed by atoms with E-state index in [1.54, 1.807) is 0 Å². The van der Waals surface area contributed by atoms with Gasteiger partial charge in [-0.3, -0.25) is 4.98 Å². The van der Waals surface area contributed by atoms with Crippen LogP contribution in [0.5, 0.6) is 0 Å². The third-order valence-electron chi connectivity index (χ3n) is 3.68. The van der Waals surface area contributed by atoms with Crippen molar-refractivity contribution in [1.29, 1.82) is 0 Å². The minimum absolute atomic E-state index is 0.904. The molecular weight excluding hydrogens is 258 g/mol. The number of hydrogen-bond acceptors (Lipinski definition) is 2. The summed E-state index contributed by atoms with van der Waals surface area (Å²) in [6, 6.07) is 14.9. The lowest BCUT2D eigenvalue weighted by molar-refractivity contribution is 0.630. The normalized spacial score (nSPS) is 11.1. The topological polar surface area (TPSA) is 29.9 Å². The van der Waals surface area contributed by atoms with E-state index in [1.807, 2.05) is 12.3 Å². The first kappa shape index (κ1) is 13.8. The third-order valence-corrected chi connectivity index (χ3v) is 3.68. The van der Waals surface area contributed by atoms with E-state index < -0.39 is 0 Å². The van der Waals surface area contributed by atoms with E-state index in [-0.39, 0.29) is 0 Å². The van der Waals surface area contributed by atoms with Crippen molar-refractivity contribution in [2.24, 2.45) is 0 Å². The van der Waals surface area contributed by atoms with Crippen LogP contribution >= 0.6 is 0 Å². The first-order valence-electron chi connectivity index (χ1n) is 7.55. The van der Waals surface area contributed by atoms with Gasteiger partial charge in [0.25, 0.3) is 0 Å². The van der Waals surface area contributed by atoms with Crippen LogP contribution < -0.4 is 5.32 Å². The average molecular weight is 279 g/mol. The van der Waals surface area contributed by atoms with Crippen LogP contribution in [0.15, 0.2) is 54.9 Å². The minimum atomic E-state index is 0.904. The number of pyridine rings is 1. The number of fused-ring (bicyclic) bond motifs is 1. The monoisotopic (exact) mass is 279 g/mol. The van der Waals surface area contributed by atoms with Crippen LogP contribution in [0, 0.1) is 0 Å². The van der Waals surface area contributed by atoms with Crippen molar-refractivity contribution in [2.75, 3.05) is 6.54 Å². The van der Waals surface area contributed by atoms with Gasteiger partial charge in [-0.15, -0.1) is 0 Å². The van der Waals surface area contributed by atoms with Gasteiger partial charge in [-0.05, 0) is 48.9 Å². The molecule has 0 fully saturated rings. The van der Waals surface area contributed by atoms with Crippen molar-refractivity contribution < 1.29 is 0 Å². The molecule has 108 valence electrons. The zero-order chi connectivity index (χ0) is 14.5. The van der Waals surface area contributed by atoms with Gasteiger partial charge in [0, 0.05) is 36.6 Å². The highest BCUT2D eigenvalue weighted by Gasteiger charge is 2.03. The fourth-order valence-electron chi connectivity index (χ4n) is 2.58. The number of aromatic nitrogens is 2. The van der Waals surface area contributed by atoms with E-state index in [2.05, 4.69) is 64.4 Å². The number of benzene rings is 1. The molecule has 0 atom stereocenters. The van der Waals surface area contributed by atoms with Crippen LogP contribution in [0.25, 0.3) is 10.9 Å². The van der Waals surface area contributed by atoms with Crippen molar-refractivity contribution >= 4 is 10.9 Å². The van der Waals surface area contributed by atoms with Crippen molar-refractivity contribution in [1.82, 2.24) is 14.9 Å². The Morgan fingerprint density at radius 1 is 1.14 bits per heavy atom. The summed E-state index contributed by atoms with van der Waals surface area (Å²) in [7, 11) is 0. The summed E-state index contributed by atoms with van der Waals surface area (Å²) in [4.78, 5) is 4.37. The summed E-state index contributed by atoms with van der Waals surface area (Å²) in [6.07, 6.45) is 5.15. The second-order valence-corrected chi connectivity index (χ2v) is 5.33. The Bertz CT molecular complexity index is 715. The molecule has 0 saturated carbocycles. The Labute approximate surface area is 125 Å². The number of hydrogen-bond donors (Lipinski definition) is 1. The summed E-state index contributed by atoms with van der Waals surface area (Å²) < 4.78 is 2.31. The summed E-state index contributed by atoms with van der Waals surface area (Å²) in [5, 5.41) is 4.66. The molecule has 0 amide bonds. The third kappa shape index (κ3) is 3.31. The molecule has 2 heterocycles. The molecule has 3 aromatic rings. The standard InChI is InChI=1S/C18H21N3/c1-2-9-19-13-17-6-4-11-21(17)14-15-7-8-18-16(12-15)5-3-10-20-18/h3-8,10-12,19H,2,9,13-14H2,1H3. The van der Waals surface area contributed by atoms with E-state index >= 15 is 0 Å². The molecule has 1 aromatic carbocycles. The lowest BCUT2D eigenvalue weighted by Crippen LogP contribution is -2.17. The molecule has 3 nitrogen and oxygen atoms in total. The molecule has 0 aliphatic carbocycles. The molecule has 21 heavy (non-hydrogen) atoms. The number of rotatable bonds is 6. The Balaban J connectivity index is 1.77. The fourth-order valence-corrected chi connectivity index (χ4v) is 2.58. The maximum Gasteiger partial charge on any atom is 0.0702 e. The lowest BCUT2D eigenvalue weighted by atomic mass is 10.1. The molecule has 0 unspecified atom stereocenters. The highest BCUT2D eigenvalue weighted by Crippen LogP contribution is 2.15. The van der Waals surface area contributed by atoms with Crippen LogP contribution in [0.1, 0.15) is 24.6 Å². The predicted molar refractivity (Wildman–Crippen MR) is 87.3 cm³/mol. The van der Waals surface area contributed by atoms with E-state index in [1.165, 1.54) is 23.1 Å². The second kappa shape index (κ2) is 6.55. The molecule has 3 rings (SSSR count). The van der Waals surface area contributed by atoms with Crippen LogP contribution in [0.2, 0.25) is 0 Å². The number of nitrogens with one attached hydrogen (secondary N) is 1. The van der Waals surface area contributed by atoms with E-state index in [0.29, 0.717) is 0 Å². The van der Waals surface area contributed by atoms with Gasteiger partial charge >= 0.3 is 0 Å². The van der Waals surface area contributed by atoms with Crippen molar-refractivity contribution in [3.05, 3.63) is 66.1 Å². The Kier molecular flexibility index (Phi) is 4.31. The highest BCUT2D eigenvalue weighted by atomic mass is 15.0. The maximum absolute atomic E-state index is 4.37. The zero-order valence-corrected chi connectivity index (χ0v) is 12.4. The first-order chi connectivity index (χ1) is 10.4. The summed E-state index contributed by atoms with van der Waals surface area (Å²) in [6.45, 7) is 5.08. The summed E-state index contributed by atoms with van der Waals surface area (Å²) in [5.41, 5.74) is 3.69.